The zero-order valence-electron chi connectivity index (χ0n) is 19.7. The molecule has 184 valence electrons. The van der Waals surface area contributed by atoms with Gasteiger partial charge < -0.3 is 25.3 Å². The van der Waals surface area contributed by atoms with Gasteiger partial charge in [-0.15, -0.1) is 11.8 Å². The molecule has 2 aromatic carbocycles. The van der Waals surface area contributed by atoms with E-state index in [0.717, 1.165) is 11.8 Å². The summed E-state index contributed by atoms with van der Waals surface area (Å²) in [5.74, 6) is 0.542. The van der Waals surface area contributed by atoms with Gasteiger partial charge in [-0.3, -0.25) is 4.79 Å². The van der Waals surface area contributed by atoms with Crippen LogP contribution in [0.25, 0.3) is 11.1 Å². The number of amides is 1. The third-order valence-electron chi connectivity index (χ3n) is 5.06. The average molecular weight is 508 g/mol. The van der Waals surface area contributed by atoms with E-state index in [4.69, 9.17) is 19.9 Å². The minimum absolute atomic E-state index is 0.0271. The number of ether oxygens (including phenoxy) is 3. The zero-order valence-corrected chi connectivity index (χ0v) is 20.5. The van der Waals surface area contributed by atoms with E-state index in [1.54, 1.807) is 12.1 Å². The molecule has 3 N–H and O–H groups in total. The quantitative estimate of drug-likeness (QED) is 0.404. The minimum Gasteiger partial charge on any atom is -0.493 e. The highest BCUT2D eigenvalue weighted by Gasteiger charge is 2.23. The van der Waals surface area contributed by atoms with Gasteiger partial charge >= 0.3 is 0 Å². The Labute approximate surface area is 211 Å². The van der Waals surface area contributed by atoms with Crippen LogP contribution in [-0.4, -0.2) is 38.0 Å². The van der Waals surface area contributed by atoms with Crippen molar-refractivity contribution in [3.63, 3.8) is 0 Å². The number of hydrogen-bond acceptors (Lipinski definition) is 9. The molecule has 0 saturated heterocycles. The van der Waals surface area contributed by atoms with Crippen molar-refractivity contribution >= 4 is 29.2 Å². The van der Waals surface area contributed by atoms with Gasteiger partial charge in [0.2, 0.25) is 11.7 Å². The Kier molecular flexibility index (Phi) is 8.55. The summed E-state index contributed by atoms with van der Waals surface area (Å²) in [7, 11) is 4.38. The molecule has 3 aromatic rings. The van der Waals surface area contributed by atoms with Gasteiger partial charge in [0.1, 0.15) is 34.4 Å². The van der Waals surface area contributed by atoms with E-state index in [-0.39, 0.29) is 45.6 Å². The summed E-state index contributed by atoms with van der Waals surface area (Å²) in [6, 6.07) is 12.8. The normalized spacial score (nSPS) is 10.2. The number of carbonyl (C=O) groups excluding carboxylic acids is 1. The van der Waals surface area contributed by atoms with Crippen molar-refractivity contribution in [1.29, 1.82) is 10.5 Å². The molecular weight excluding hydrogens is 485 g/mol. The van der Waals surface area contributed by atoms with Crippen molar-refractivity contribution in [3.05, 3.63) is 53.3 Å². The van der Waals surface area contributed by atoms with Crippen LogP contribution in [0.2, 0.25) is 0 Å². The fourth-order valence-electron chi connectivity index (χ4n) is 3.41. The van der Waals surface area contributed by atoms with Crippen molar-refractivity contribution in [3.8, 4) is 40.5 Å². The van der Waals surface area contributed by atoms with Crippen LogP contribution in [0.5, 0.6) is 17.2 Å². The molecule has 1 amide bonds. The number of nitriles is 2. The maximum atomic E-state index is 13.1. The molecule has 0 aliphatic rings. The van der Waals surface area contributed by atoms with Crippen LogP contribution in [0.3, 0.4) is 0 Å². The predicted octanol–water partition coefficient (Wildman–Crippen LogP) is 4.36. The van der Waals surface area contributed by atoms with Gasteiger partial charge in [-0.05, 0) is 42.0 Å². The maximum absolute atomic E-state index is 13.1. The van der Waals surface area contributed by atoms with Crippen molar-refractivity contribution in [2.24, 2.45) is 0 Å². The average Bonchev–Trinajstić information content (AvgIpc) is 2.88. The number of hydrogen-bond donors (Lipinski definition) is 2. The molecule has 0 aliphatic carbocycles. The molecule has 0 aliphatic heterocycles. The molecule has 3 rings (SSSR count). The Bertz CT molecular complexity index is 1340. The number of nitrogens with zero attached hydrogens (tertiary/aromatic N) is 3. The van der Waals surface area contributed by atoms with Crippen LogP contribution in [-0.2, 0) is 4.79 Å². The first-order valence-electron chi connectivity index (χ1n) is 10.5. The van der Waals surface area contributed by atoms with Gasteiger partial charge in [-0.1, -0.05) is 0 Å². The van der Waals surface area contributed by atoms with Crippen LogP contribution in [0.1, 0.15) is 17.5 Å². The Hall–Kier alpha value is -4.48. The van der Waals surface area contributed by atoms with Gasteiger partial charge in [0.15, 0.2) is 11.5 Å². The lowest BCUT2D eigenvalue weighted by molar-refractivity contribution is -0.115. The number of rotatable bonds is 9. The fraction of sp³-hybridized carbons (Fsp3) is 0.200. The summed E-state index contributed by atoms with van der Waals surface area (Å²) >= 11 is 1.15. The number of carbonyl (C=O) groups is 1. The maximum Gasteiger partial charge on any atom is 0.225 e. The van der Waals surface area contributed by atoms with Gasteiger partial charge in [-0.25, -0.2) is 9.37 Å². The summed E-state index contributed by atoms with van der Waals surface area (Å²) in [6.45, 7) is 0. The second-order valence-electron chi connectivity index (χ2n) is 7.22. The second kappa shape index (κ2) is 11.8. The highest BCUT2D eigenvalue weighted by molar-refractivity contribution is 7.99. The monoisotopic (exact) mass is 507 g/mol. The van der Waals surface area contributed by atoms with Crippen molar-refractivity contribution in [2.75, 3.05) is 38.1 Å². The standard InChI is InChI=1S/C25H22FN5O4S/c1-33-19-10-14(11-20(34-2)23(19)35-3)22-17(12-27)24(29)31-25(18(22)13-28)36-9-8-21(32)30-16-6-4-15(26)5-7-16/h4-7,10-11H,8-9H2,1-3H3,(H2,29,31)(H,30,32). The first-order valence-corrected chi connectivity index (χ1v) is 11.5. The second-order valence-corrected chi connectivity index (χ2v) is 8.30. The van der Waals surface area contributed by atoms with Crippen LogP contribution in [0.15, 0.2) is 41.4 Å². The van der Waals surface area contributed by atoms with E-state index in [2.05, 4.69) is 16.4 Å². The molecule has 1 aromatic heterocycles. The summed E-state index contributed by atoms with van der Waals surface area (Å²) < 4.78 is 29.2. The zero-order chi connectivity index (χ0) is 26.2. The van der Waals surface area contributed by atoms with Gasteiger partial charge in [0.25, 0.3) is 0 Å². The highest BCUT2D eigenvalue weighted by Crippen LogP contribution is 2.44. The Balaban J connectivity index is 1.94. The van der Waals surface area contributed by atoms with E-state index in [9.17, 15) is 19.7 Å². The van der Waals surface area contributed by atoms with E-state index in [1.165, 1.54) is 45.6 Å². The number of nitrogens with one attached hydrogen (secondary N) is 1. The number of nitrogens with two attached hydrogens (primary N) is 1. The molecule has 9 nitrogen and oxygen atoms in total. The SMILES string of the molecule is COc1cc(-c2c(C#N)c(N)nc(SCCC(=O)Nc3ccc(F)cc3)c2C#N)cc(OC)c1OC. The molecule has 0 radical (unpaired) electrons. The number of thioether (sulfide) groups is 1. The number of halogens is 1. The van der Waals surface area contributed by atoms with E-state index in [0.29, 0.717) is 28.5 Å². The number of aromatic nitrogens is 1. The molecule has 0 atom stereocenters. The third kappa shape index (κ3) is 5.59. The highest BCUT2D eigenvalue weighted by atomic mass is 32.2. The van der Waals surface area contributed by atoms with Crippen molar-refractivity contribution in [2.45, 2.75) is 11.4 Å². The summed E-state index contributed by atoms with van der Waals surface area (Å²) in [5.41, 5.74) is 7.42. The molecule has 0 spiro atoms. The van der Waals surface area contributed by atoms with Crippen LogP contribution < -0.4 is 25.3 Å². The van der Waals surface area contributed by atoms with Crippen LogP contribution in [0.4, 0.5) is 15.9 Å². The van der Waals surface area contributed by atoms with E-state index in [1.807, 2.05) is 6.07 Å². The van der Waals surface area contributed by atoms with Crippen LogP contribution >= 0.6 is 11.8 Å². The van der Waals surface area contributed by atoms with Crippen molar-refractivity contribution in [1.82, 2.24) is 4.98 Å². The summed E-state index contributed by atoms with van der Waals surface area (Å²) in [5, 5.41) is 22.7. The minimum atomic E-state index is -0.403. The van der Waals surface area contributed by atoms with Gasteiger partial charge in [0, 0.05) is 23.4 Å². The Morgan fingerprint density at radius 3 is 2.19 bits per heavy atom. The number of methoxy groups -OCH3 is 3. The fourth-order valence-corrected chi connectivity index (χ4v) is 4.35. The Morgan fingerprint density at radius 1 is 1.06 bits per heavy atom. The molecular formula is C25H22FN5O4S. The molecule has 11 heteroatoms. The van der Waals surface area contributed by atoms with E-state index >= 15 is 0 Å². The van der Waals surface area contributed by atoms with Gasteiger partial charge in [-0.2, -0.15) is 10.5 Å². The molecule has 0 saturated carbocycles. The van der Waals surface area contributed by atoms with Crippen LogP contribution in [0, 0.1) is 28.5 Å². The topological polar surface area (TPSA) is 143 Å². The smallest absolute Gasteiger partial charge is 0.225 e. The number of benzene rings is 2. The molecule has 1 heterocycles. The number of nitrogen functional groups attached to an aromatic ring is 1. The molecule has 0 fully saturated rings. The van der Waals surface area contributed by atoms with Crippen molar-refractivity contribution < 1.29 is 23.4 Å². The first kappa shape index (κ1) is 26.1. The molecule has 0 bridgehead atoms. The largest absolute Gasteiger partial charge is 0.493 e. The summed E-state index contributed by atoms with van der Waals surface area (Å²) in [6.07, 6.45) is 0.0913. The predicted molar refractivity (Wildman–Crippen MR) is 134 cm³/mol. The number of anilines is 2. The molecule has 0 unspecified atom stereocenters. The lowest BCUT2D eigenvalue weighted by atomic mass is 9.96. The summed E-state index contributed by atoms with van der Waals surface area (Å²) in [4.78, 5) is 16.5. The Morgan fingerprint density at radius 2 is 1.67 bits per heavy atom. The lowest BCUT2D eigenvalue weighted by Gasteiger charge is -2.17. The lowest BCUT2D eigenvalue weighted by Crippen LogP contribution is -2.12. The third-order valence-corrected chi connectivity index (χ3v) is 6.04. The van der Waals surface area contributed by atoms with E-state index < -0.39 is 5.82 Å². The molecule has 36 heavy (non-hydrogen) atoms. The first-order chi connectivity index (χ1) is 17.4. The number of pyridine rings is 1. The van der Waals surface area contributed by atoms with Gasteiger partial charge in [0.05, 0.1) is 26.9 Å².